The second-order valence-corrected chi connectivity index (χ2v) is 9.60. The van der Waals surface area contributed by atoms with E-state index < -0.39 is 22.9 Å². The van der Waals surface area contributed by atoms with Crippen molar-refractivity contribution in [2.24, 2.45) is 0 Å². The lowest BCUT2D eigenvalue weighted by Crippen LogP contribution is -2.56. The Kier molecular flexibility index (Phi) is 7.32. The lowest BCUT2D eigenvalue weighted by Gasteiger charge is -2.45. The number of benzene rings is 1. The number of hydrogen-bond donors (Lipinski definition) is 0. The molecule has 0 spiro atoms. The van der Waals surface area contributed by atoms with Gasteiger partial charge >= 0.3 is 12.0 Å². The molecule has 2 heterocycles. The summed E-state index contributed by atoms with van der Waals surface area (Å²) in [5.74, 6) is -1.08. The van der Waals surface area contributed by atoms with Crippen LogP contribution in [0.5, 0.6) is 0 Å². The number of rotatable bonds is 7. The van der Waals surface area contributed by atoms with Gasteiger partial charge in [0, 0.05) is 27.3 Å². The minimum absolute atomic E-state index is 0.105. The van der Waals surface area contributed by atoms with E-state index in [1.807, 2.05) is 0 Å². The maximum atomic E-state index is 14.4. The predicted molar refractivity (Wildman–Crippen MR) is 125 cm³/mol. The number of urea groups is 1. The fourth-order valence-electron chi connectivity index (χ4n) is 4.07. The highest BCUT2D eigenvalue weighted by Gasteiger charge is 2.46. The maximum Gasteiger partial charge on any atom is 0.359 e. The summed E-state index contributed by atoms with van der Waals surface area (Å²) in [6.07, 6.45) is 1.50. The number of hydrogen-bond acceptors (Lipinski definition) is 6. The van der Waals surface area contributed by atoms with Gasteiger partial charge in [-0.1, -0.05) is 0 Å². The van der Waals surface area contributed by atoms with E-state index in [1.54, 1.807) is 64.4 Å². The van der Waals surface area contributed by atoms with Gasteiger partial charge in [-0.2, -0.15) is 0 Å². The number of amides is 2. The summed E-state index contributed by atoms with van der Waals surface area (Å²) in [5.41, 5.74) is -0.306. The van der Waals surface area contributed by atoms with Crippen LogP contribution in [0, 0.1) is 5.82 Å². The third-order valence-corrected chi connectivity index (χ3v) is 5.53. The first-order valence-corrected chi connectivity index (χ1v) is 11.1. The lowest BCUT2D eigenvalue weighted by molar-refractivity contribution is 0.00600. The molecule has 0 N–H and O–H groups in total. The molecule has 0 atom stereocenters. The third kappa shape index (κ3) is 4.92. The first-order valence-electron chi connectivity index (χ1n) is 11.1. The zero-order valence-corrected chi connectivity index (χ0v) is 20.8. The molecule has 9 nitrogen and oxygen atoms in total. The van der Waals surface area contributed by atoms with Gasteiger partial charge in [0.15, 0.2) is 5.69 Å². The van der Waals surface area contributed by atoms with E-state index in [0.29, 0.717) is 43.4 Å². The molecule has 34 heavy (non-hydrogen) atoms. The highest BCUT2D eigenvalue weighted by Crippen LogP contribution is 2.44. The highest BCUT2D eigenvalue weighted by molar-refractivity contribution is 5.98. The standard InChI is InChI=1S/C24H33FN4O5/c1-23(2,3)34-21(30)19-20-24(4,5)29(22(31)27(10-12-32-6)11-13-33-7)18-14-16(25)8-9-17(18)28(20)15-26-19/h8-9,14-15H,10-13H2,1-7H3. The SMILES string of the molecule is COCCN(CCOC)C(=O)N1c2cc(F)ccc2-n2cnc(C(=O)OC(C)(C)C)c2C1(C)C. The number of aromatic nitrogens is 2. The van der Waals surface area contributed by atoms with Crippen molar-refractivity contribution in [1.82, 2.24) is 14.5 Å². The van der Waals surface area contributed by atoms with Crippen LogP contribution in [0.25, 0.3) is 5.69 Å². The van der Waals surface area contributed by atoms with Crippen LogP contribution in [0.4, 0.5) is 14.9 Å². The zero-order chi connectivity index (χ0) is 25.3. The van der Waals surface area contributed by atoms with Crippen LogP contribution < -0.4 is 4.90 Å². The number of methoxy groups -OCH3 is 2. The second-order valence-electron chi connectivity index (χ2n) is 9.60. The summed E-state index contributed by atoms with van der Waals surface area (Å²) in [5, 5.41) is 0. The first-order chi connectivity index (χ1) is 15.9. The van der Waals surface area contributed by atoms with Crippen molar-refractivity contribution in [3.63, 3.8) is 0 Å². The molecule has 1 aliphatic rings. The predicted octanol–water partition coefficient (Wildman–Crippen LogP) is 3.74. The molecule has 0 radical (unpaired) electrons. The minimum atomic E-state index is -1.07. The Morgan fingerprint density at radius 3 is 2.26 bits per heavy atom. The number of ether oxygens (including phenoxy) is 3. The van der Waals surface area contributed by atoms with Gasteiger partial charge in [0.2, 0.25) is 0 Å². The average Bonchev–Trinajstić information content (AvgIpc) is 3.19. The Labute approximate surface area is 199 Å². The molecule has 3 rings (SSSR count). The molecular weight excluding hydrogens is 443 g/mol. The van der Waals surface area contributed by atoms with Crippen LogP contribution in [0.3, 0.4) is 0 Å². The van der Waals surface area contributed by atoms with E-state index in [0.717, 1.165) is 0 Å². The van der Waals surface area contributed by atoms with Crippen molar-refractivity contribution in [1.29, 1.82) is 0 Å². The Balaban J connectivity index is 2.17. The number of nitrogens with zero attached hydrogens (tertiary/aromatic N) is 4. The van der Waals surface area contributed by atoms with Crippen LogP contribution in [-0.4, -0.2) is 72.6 Å². The number of carbonyl (C=O) groups excluding carboxylic acids is 2. The monoisotopic (exact) mass is 476 g/mol. The number of imidazole rings is 1. The van der Waals surface area contributed by atoms with E-state index in [2.05, 4.69) is 4.98 Å². The summed E-state index contributed by atoms with van der Waals surface area (Å²) >= 11 is 0. The number of esters is 1. The van der Waals surface area contributed by atoms with E-state index in [1.165, 1.54) is 23.4 Å². The van der Waals surface area contributed by atoms with Gasteiger partial charge in [-0.15, -0.1) is 0 Å². The largest absolute Gasteiger partial charge is 0.455 e. The molecule has 10 heteroatoms. The van der Waals surface area contributed by atoms with E-state index in [-0.39, 0.29) is 11.7 Å². The number of halogens is 1. The van der Waals surface area contributed by atoms with Gasteiger partial charge in [0.05, 0.1) is 35.8 Å². The van der Waals surface area contributed by atoms with E-state index >= 15 is 0 Å². The van der Waals surface area contributed by atoms with E-state index in [4.69, 9.17) is 14.2 Å². The molecule has 0 fully saturated rings. The Morgan fingerprint density at radius 2 is 1.71 bits per heavy atom. The highest BCUT2D eigenvalue weighted by atomic mass is 19.1. The smallest absolute Gasteiger partial charge is 0.359 e. The quantitative estimate of drug-likeness (QED) is 0.566. The molecule has 2 amide bonds. The van der Waals surface area contributed by atoms with Gasteiger partial charge in [0.25, 0.3) is 0 Å². The molecule has 1 aromatic carbocycles. The number of anilines is 1. The first kappa shape index (κ1) is 25.6. The van der Waals surface area contributed by atoms with Crippen molar-refractivity contribution >= 4 is 17.7 Å². The summed E-state index contributed by atoms with van der Waals surface area (Å²) in [6.45, 7) is 10.2. The van der Waals surface area contributed by atoms with Crippen molar-refractivity contribution in [2.45, 2.75) is 45.8 Å². The van der Waals surface area contributed by atoms with Gasteiger partial charge in [-0.25, -0.2) is 19.0 Å². The van der Waals surface area contributed by atoms with Crippen molar-refractivity contribution in [3.05, 3.63) is 41.7 Å². The molecule has 0 saturated heterocycles. The molecule has 2 aromatic rings. The summed E-state index contributed by atoms with van der Waals surface area (Å²) in [6, 6.07) is 3.83. The molecule has 0 bridgehead atoms. The van der Waals surface area contributed by atoms with Crippen molar-refractivity contribution in [2.75, 3.05) is 45.4 Å². The Hall–Kier alpha value is -2.98. The topological polar surface area (TPSA) is 86.1 Å². The van der Waals surface area contributed by atoms with Crippen LogP contribution >= 0.6 is 0 Å². The molecule has 1 aliphatic heterocycles. The fraction of sp³-hybridized carbons (Fsp3) is 0.542. The average molecular weight is 477 g/mol. The Morgan fingerprint density at radius 1 is 1.09 bits per heavy atom. The van der Waals surface area contributed by atoms with E-state index in [9.17, 15) is 14.0 Å². The number of fused-ring (bicyclic) bond motifs is 3. The molecule has 0 unspecified atom stereocenters. The zero-order valence-electron chi connectivity index (χ0n) is 20.8. The van der Waals surface area contributed by atoms with Gasteiger partial charge in [-0.3, -0.25) is 9.47 Å². The van der Waals surface area contributed by atoms with Crippen LogP contribution in [0.2, 0.25) is 0 Å². The molecule has 0 aliphatic carbocycles. The molecule has 186 valence electrons. The molecule has 1 aromatic heterocycles. The van der Waals surface area contributed by atoms with Crippen LogP contribution in [0.1, 0.15) is 50.8 Å². The molecular formula is C24H33FN4O5. The number of carbonyl (C=O) groups is 2. The van der Waals surface area contributed by atoms with Gasteiger partial charge in [-0.05, 0) is 52.8 Å². The van der Waals surface area contributed by atoms with Gasteiger partial charge < -0.3 is 19.1 Å². The summed E-state index contributed by atoms with van der Waals surface area (Å²) < 4.78 is 32.1. The lowest BCUT2D eigenvalue weighted by atomic mass is 9.91. The van der Waals surface area contributed by atoms with Crippen LogP contribution in [-0.2, 0) is 19.7 Å². The third-order valence-electron chi connectivity index (χ3n) is 5.53. The van der Waals surface area contributed by atoms with Crippen LogP contribution in [0.15, 0.2) is 24.5 Å². The second kappa shape index (κ2) is 9.71. The van der Waals surface area contributed by atoms with Gasteiger partial charge in [0.1, 0.15) is 17.7 Å². The summed E-state index contributed by atoms with van der Waals surface area (Å²) in [7, 11) is 3.11. The maximum absolute atomic E-state index is 14.4. The fourth-order valence-corrected chi connectivity index (χ4v) is 4.07. The molecule has 0 saturated carbocycles. The summed E-state index contributed by atoms with van der Waals surface area (Å²) in [4.78, 5) is 34.4. The minimum Gasteiger partial charge on any atom is -0.455 e. The Bertz CT molecular complexity index is 1050. The van der Waals surface area contributed by atoms with Crippen molar-refractivity contribution in [3.8, 4) is 5.69 Å². The van der Waals surface area contributed by atoms with Crippen molar-refractivity contribution < 1.29 is 28.2 Å². The normalized spacial score (nSPS) is 14.4.